The van der Waals surface area contributed by atoms with Gasteiger partial charge in [0.1, 0.15) is 0 Å². The van der Waals surface area contributed by atoms with E-state index in [1.54, 1.807) is 0 Å². The van der Waals surface area contributed by atoms with Crippen molar-refractivity contribution in [1.29, 1.82) is 0 Å². The summed E-state index contributed by atoms with van der Waals surface area (Å²) in [6.07, 6.45) is -0.590. The molecule has 0 radical (unpaired) electrons. The average molecular weight is 515 g/mol. The van der Waals surface area contributed by atoms with Crippen LogP contribution in [0.3, 0.4) is 0 Å². The topological polar surface area (TPSA) is 59.1 Å². The third-order valence-corrected chi connectivity index (χ3v) is 15.9. The van der Waals surface area contributed by atoms with Crippen molar-refractivity contribution >= 4 is 34.2 Å². The molecule has 0 fully saturated rings. The summed E-state index contributed by atoms with van der Waals surface area (Å²) in [5.74, 6) is 0. The molecule has 2 unspecified atom stereocenters. The first-order valence-electron chi connectivity index (χ1n) is 10.7. The molecular formula is C18H50N4O5Si4. The fourth-order valence-electron chi connectivity index (χ4n) is 3.32. The van der Waals surface area contributed by atoms with E-state index < -0.39 is 34.2 Å². The van der Waals surface area contributed by atoms with E-state index in [9.17, 15) is 0 Å². The average Bonchev–Trinajstić information content (AvgIpc) is 2.45. The van der Waals surface area contributed by atoms with Gasteiger partial charge < -0.3 is 21.2 Å². The van der Waals surface area contributed by atoms with E-state index in [1.807, 2.05) is 89.1 Å². The molecule has 0 aromatic carbocycles. The molecule has 9 nitrogen and oxygen atoms in total. The molecule has 0 aliphatic carbocycles. The van der Waals surface area contributed by atoms with Gasteiger partial charge in [0, 0.05) is 13.1 Å². The summed E-state index contributed by atoms with van der Waals surface area (Å²) in [6.45, 7) is 16.8. The number of hydrogen-bond donors (Lipinski definition) is 0. The maximum Gasteiger partial charge on any atom is 0.482 e. The molecule has 0 aromatic rings. The number of rotatable bonds is 14. The van der Waals surface area contributed by atoms with Gasteiger partial charge in [0.2, 0.25) is 0 Å². The Morgan fingerprint density at radius 2 is 0.645 bits per heavy atom. The molecule has 13 heteroatoms. The van der Waals surface area contributed by atoms with Gasteiger partial charge in [-0.1, -0.05) is 0 Å². The molecule has 0 spiro atoms. The van der Waals surface area contributed by atoms with Crippen LogP contribution in [0.15, 0.2) is 0 Å². The molecule has 0 amide bonds. The number of nitrogens with zero attached hydrogens (tertiary/aromatic N) is 4. The highest BCUT2D eigenvalue weighted by atomic mass is 28.5. The van der Waals surface area contributed by atoms with Crippen LogP contribution in [0.2, 0.25) is 52.4 Å². The van der Waals surface area contributed by atoms with E-state index >= 15 is 0 Å². The molecule has 0 rings (SSSR count). The van der Waals surface area contributed by atoms with E-state index in [0.29, 0.717) is 0 Å². The van der Waals surface area contributed by atoms with E-state index in [4.69, 9.17) is 21.2 Å². The van der Waals surface area contributed by atoms with Gasteiger partial charge >= 0.3 is 17.6 Å². The van der Waals surface area contributed by atoms with Gasteiger partial charge in [-0.15, -0.1) is 0 Å². The van der Waals surface area contributed by atoms with Gasteiger partial charge in [-0.3, -0.25) is 19.6 Å². The summed E-state index contributed by atoms with van der Waals surface area (Å²) in [6, 6.07) is 0. The fraction of sp³-hybridized carbons (Fsp3) is 1.00. The predicted molar refractivity (Wildman–Crippen MR) is 138 cm³/mol. The van der Waals surface area contributed by atoms with E-state index in [0.717, 1.165) is 0 Å². The van der Waals surface area contributed by atoms with Gasteiger partial charge in [0.25, 0.3) is 0 Å². The van der Waals surface area contributed by atoms with Crippen LogP contribution in [-0.2, 0) is 21.2 Å². The molecule has 2 atom stereocenters. The SMILES string of the molecule is CN(C)C(O[Si](C)(O[Si](C)(C)C)O[Si](C)(OC(N(C)C)N(C)C)O[Si](C)(C)C)N(C)C. The molecule has 31 heavy (non-hydrogen) atoms. The second-order valence-electron chi connectivity index (χ2n) is 11.0. The third-order valence-electron chi connectivity index (χ3n) is 3.76. The maximum absolute atomic E-state index is 6.79. The second-order valence-corrected chi connectivity index (χ2v) is 25.8. The molecule has 0 heterocycles. The lowest BCUT2D eigenvalue weighted by molar-refractivity contribution is -0.0974. The van der Waals surface area contributed by atoms with Crippen LogP contribution in [0.5, 0.6) is 0 Å². The summed E-state index contributed by atoms with van der Waals surface area (Å²) in [4.78, 5) is 8.01. The van der Waals surface area contributed by atoms with E-state index in [2.05, 4.69) is 39.3 Å². The Bertz CT molecular complexity index is 484. The lowest BCUT2D eigenvalue weighted by Crippen LogP contribution is -2.65. The van der Waals surface area contributed by atoms with Crippen molar-refractivity contribution in [3.63, 3.8) is 0 Å². The monoisotopic (exact) mass is 514 g/mol. The Hall–Kier alpha value is 0.508. The minimum absolute atomic E-state index is 0.295. The Balaban J connectivity index is 6.23. The first-order valence-corrected chi connectivity index (χ1v) is 22.0. The Labute approximate surface area is 196 Å². The van der Waals surface area contributed by atoms with Crippen LogP contribution in [0.1, 0.15) is 0 Å². The van der Waals surface area contributed by atoms with Crippen LogP contribution in [-0.4, -0.2) is 123 Å². The van der Waals surface area contributed by atoms with Gasteiger partial charge in [-0.2, -0.15) is 0 Å². The fourth-order valence-corrected chi connectivity index (χ4v) is 18.4. The molecule has 188 valence electrons. The Morgan fingerprint density at radius 3 is 0.806 bits per heavy atom. The largest absolute Gasteiger partial charge is 0.482 e. The minimum atomic E-state index is -3.17. The van der Waals surface area contributed by atoms with E-state index in [-0.39, 0.29) is 12.7 Å². The normalized spacial score (nSPS) is 18.0. The zero-order chi connectivity index (χ0) is 25.0. The zero-order valence-corrected chi connectivity index (χ0v) is 27.0. The van der Waals surface area contributed by atoms with Gasteiger partial charge in [0.05, 0.1) is 0 Å². The molecule has 0 aromatic heterocycles. The summed E-state index contributed by atoms with van der Waals surface area (Å²) < 4.78 is 33.2. The van der Waals surface area contributed by atoms with Crippen molar-refractivity contribution in [2.45, 2.75) is 65.1 Å². The van der Waals surface area contributed by atoms with Crippen LogP contribution >= 0.6 is 0 Å². The second kappa shape index (κ2) is 11.8. The third kappa shape index (κ3) is 12.5. The molecule has 0 saturated heterocycles. The van der Waals surface area contributed by atoms with Gasteiger partial charge in [-0.25, -0.2) is 0 Å². The predicted octanol–water partition coefficient (Wildman–Crippen LogP) is 2.69. The lowest BCUT2D eigenvalue weighted by Gasteiger charge is -2.45. The van der Waals surface area contributed by atoms with Crippen molar-refractivity contribution in [2.75, 3.05) is 56.4 Å². The van der Waals surface area contributed by atoms with Crippen molar-refractivity contribution in [2.24, 2.45) is 0 Å². The Kier molecular flexibility index (Phi) is 12.0. The van der Waals surface area contributed by atoms with Crippen molar-refractivity contribution in [1.82, 2.24) is 19.6 Å². The highest BCUT2D eigenvalue weighted by Crippen LogP contribution is 2.28. The highest BCUT2D eigenvalue weighted by Gasteiger charge is 2.53. The first kappa shape index (κ1) is 31.5. The van der Waals surface area contributed by atoms with Gasteiger partial charge in [0.15, 0.2) is 29.3 Å². The minimum Gasteiger partial charge on any atom is -0.416 e. The van der Waals surface area contributed by atoms with Crippen LogP contribution in [0.4, 0.5) is 0 Å². The molecular weight excluding hydrogens is 465 g/mol. The van der Waals surface area contributed by atoms with Gasteiger partial charge in [-0.05, 0) is 95.7 Å². The number of hydrogen-bond acceptors (Lipinski definition) is 9. The molecule has 0 N–H and O–H groups in total. The molecule has 0 saturated carbocycles. The maximum atomic E-state index is 6.79. The molecule has 0 bridgehead atoms. The van der Waals surface area contributed by atoms with Crippen LogP contribution < -0.4 is 0 Å². The smallest absolute Gasteiger partial charge is 0.416 e. The van der Waals surface area contributed by atoms with Crippen molar-refractivity contribution in [3.05, 3.63) is 0 Å². The zero-order valence-electron chi connectivity index (χ0n) is 23.0. The quantitative estimate of drug-likeness (QED) is 0.257. The van der Waals surface area contributed by atoms with Crippen LogP contribution in [0.25, 0.3) is 0 Å². The van der Waals surface area contributed by atoms with E-state index in [1.165, 1.54) is 0 Å². The summed E-state index contributed by atoms with van der Waals surface area (Å²) >= 11 is 0. The Morgan fingerprint density at radius 1 is 0.419 bits per heavy atom. The molecule has 0 aliphatic heterocycles. The van der Waals surface area contributed by atoms with Crippen molar-refractivity contribution < 1.29 is 21.2 Å². The summed E-state index contributed by atoms with van der Waals surface area (Å²) in [7, 11) is 5.51. The summed E-state index contributed by atoms with van der Waals surface area (Å²) in [5, 5.41) is 0. The van der Waals surface area contributed by atoms with Crippen molar-refractivity contribution in [3.8, 4) is 0 Å². The summed E-state index contributed by atoms with van der Waals surface area (Å²) in [5.41, 5.74) is 0. The molecule has 0 aliphatic rings. The highest BCUT2D eigenvalue weighted by molar-refractivity contribution is 6.86. The lowest BCUT2D eigenvalue weighted by atomic mass is 10.7. The standard InChI is InChI=1S/C18H50N4O5Si4/c1-19(2)17(20(3)4)23-30(15,25-28(9,10)11)27-31(16,26-29(12,13)14)24-18(21(5)6)22(7)8/h17-18H,1-16H3. The first-order chi connectivity index (χ1) is 13.6. The van der Waals surface area contributed by atoms with Crippen LogP contribution in [0, 0.1) is 0 Å².